The molecule has 0 unspecified atom stereocenters. The van der Waals surface area contributed by atoms with Crippen molar-refractivity contribution in [1.29, 1.82) is 0 Å². The molecule has 0 saturated carbocycles. The number of nitrogens with one attached hydrogen (secondary N) is 1. The Balaban J connectivity index is 1.57. The van der Waals surface area contributed by atoms with E-state index in [0.717, 1.165) is 16.7 Å². The first-order valence-electron chi connectivity index (χ1n) is 11.3. The second-order valence-corrected chi connectivity index (χ2v) is 12.1. The lowest BCUT2D eigenvalue weighted by Crippen LogP contribution is -2.58. The van der Waals surface area contributed by atoms with Crippen LogP contribution in [0.25, 0.3) is 0 Å². The van der Waals surface area contributed by atoms with Gasteiger partial charge < -0.3 is 14.8 Å². The number of benzene rings is 3. The number of rotatable bonds is 9. The predicted octanol–water partition coefficient (Wildman–Crippen LogP) is 6.70. The average Bonchev–Trinajstić information content (AvgIpc) is 2.89. The molecular weight excluding hydrogens is 541 g/mol. The molecule has 1 saturated heterocycles. The van der Waals surface area contributed by atoms with Crippen molar-refractivity contribution < 1.29 is 19.1 Å². The van der Waals surface area contributed by atoms with Crippen molar-refractivity contribution in [3.63, 3.8) is 0 Å². The number of carbonyl (C=O) groups excluding carboxylic acids is 2. The number of alkyl halides is 3. The number of carbonyl (C=O) groups is 2. The molecule has 9 heteroatoms. The maximum Gasteiger partial charge on any atom is 0.508 e. The number of hydrogen-bond donors (Lipinski definition) is 1. The minimum absolute atomic E-state index is 0.00283. The third kappa shape index (κ3) is 6.30. The molecular formula is C27H24Cl3NO4S. The summed E-state index contributed by atoms with van der Waals surface area (Å²) in [4.78, 5) is 24.3. The van der Waals surface area contributed by atoms with Gasteiger partial charge in [0.15, 0.2) is 0 Å². The van der Waals surface area contributed by atoms with Gasteiger partial charge in [-0.3, -0.25) is 4.79 Å². The van der Waals surface area contributed by atoms with E-state index in [2.05, 4.69) is 41.7 Å². The lowest BCUT2D eigenvalue weighted by atomic mass is 9.84. The molecule has 2 atom stereocenters. The minimum Gasteiger partial charge on any atom is -0.434 e. The smallest absolute Gasteiger partial charge is 0.434 e. The highest BCUT2D eigenvalue weighted by molar-refractivity contribution is 8.01. The zero-order valence-electron chi connectivity index (χ0n) is 19.1. The molecule has 0 bridgehead atoms. The summed E-state index contributed by atoms with van der Waals surface area (Å²) in [5.41, 5.74) is 3.29. The van der Waals surface area contributed by atoms with E-state index in [1.807, 2.05) is 54.6 Å². The van der Waals surface area contributed by atoms with Crippen LogP contribution in [0.15, 0.2) is 91.0 Å². The van der Waals surface area contributed by atoms with Gasteiger partial charge in [-0.15, -0.1) is 11.8 Å². The molecule has 1 heterocycles. The van der Waals surface area contributed by atoms with Gasteiger partial charge in [0.05, 0.1) is 22.6 Å². The molecule has 1 aliphatic heterocycles. The molecule has 1 amide bonds. The second kappa shape index (κ2) is 11.8. The molecule has 3 aromatic carbocycles. The normalized spacial score (nSPS) is 17.6. The van der Waals surface area contributed by atoms with E-state index in [-0.39, 0.29) is 23.8 Å². The molecule has 5 nitrogen and oxygen atoms in total. The second-order valence-electron chi connectivity index (χ2n) is 8.22. The Morgan fingerprint density at radius 1 is 0.806 bits per heavy atom. The molecule has 36 heavy (non-hydrogen) atoms. The van der Waals surface area contributed by atoms with E-state index < -0.39 is 21.3 Å². The van der Waals surface area contributed by atoms with Gasteiger partial charge in [-0.05, 0) is 23.1 Å². The summed E-state index contributed by atoms with van der Waals surface area (Å²) in [6.45, 7) is -0.421. The Bertz CT molecular complexity index is 1060. The third-order valence-corrected chi connectivity index (χ3v) is 7.92. The molecule has 0 aliphatic carbocycles. The van der Waals surface area contributed by atoms with Crippen LogP contribution >= 0.6 is 46.6 Å². The van der Waals surface area contributed by atoms with Crippen LogP contribution in [-0.4, -0.2) is 34.4 Å². The van der Waals surface area contributed by atoms with Gasteiger partial charge in [0.25, 0.3) is 0 Å². The third-order valence-electron chi connectivity index (χ3n) is 5.83. The lowest BCUT2D eigenvalue weighted by Gasteiger charge is -2.44. The van der Waals surface area contributed by atoms with Crippen molar-refractivity contribution in [3.8, 4) is 0 Å². The topological polar surface area (TPSA) is 64.6 Å². The summed E-state index contributed by atoms with van der Waals surface area (Å²) in [5.74, 6) is -0.444. The molecule has 0 radical (unpaired) electrons. The summed E-state index contributed by atoms with van der Waals surface area (Å²) < 4.78 is 7.59. The first-order valence-corrected chi connectivity index (χ1v) is 13.3. The fourth-order valence-electron chi connectivity index (χ4n) is 4.15. The van der Waals surface area contributed by atoms with Gasteiger partial charge in [0, 0.05) is 0 Å². The maximum absolute atomic E-state index is 12.5. The monoisotopic (exact) mass is 563 g/mol. The predicted molar refractivity (Wildman–Crippen MR) is 144 cm³/mol. The van der Waals surface area contributed by atoms with Gasteiger partial charge in [-0.2, -0.15) is 0 Å². The number of β-lactam (4-membered cyclic amide) rings is 1. The Kier molecular flexibility index (Phi) is 8.73. The average molecular weight is 565 g/mol. The highest BCUT2D eigenvalue weighted by Gasteiger charge is 2.47. The van der Waals surface area contributed by atoms with Gasteiger partial charge in [-0.25, -0.2) is 4.79 Å². The van der Waals surface area contributed by atoms with Crippen molar-refractivity contribution in [3.05, 3.63) is 108 Å². The van der Waals surface area contributed by atoms with Crippen LogP contribution in [0.3, 0.4) is 0 Å². The van der Waals surface area contributed by atoms with E-state index in [1.165, 1.54) is 0 Å². The SMILES string of the molecule is O=C(OCC[C@@H]1C(=O)N[C@@H]1SC(c1ccccc1)(c1ccccc1)c1ccccc1)OCC(Cl)(Cl)Cl. The summed E-state index contributed by atoms with van der Waals surface area (Å²) in [6.07, 6.45) is -0.613. The number of hydrogen-bond acceptors (Lipinski definition) is 5. The highest BCUT2D eigenvalue weighted by atomic mass is 35.6. The Labute approximate surface area is 229 Å². The van der Waals surface area contributed by atoms with E-state index in [1.54, 1.807) is 11.8 Å². The van der Waals surface area contributed by atoms with Crippen LogP contribution in [0.5, 0.6) is 0 Å². The first kappa shape index (κ1) is 26.7. The van der Waals surface area contributed by atoms with Gasteiger partial charge >= 0.3 is 6.16 Å². The summed E-state index contributed by atoms with van der Waals surface area (Å²) in [7, 11) is 0. The molecule has 1 aliphatic rings. The van der Waals surface area contributed by atoms with E-state index in [4.69, 9.17) is 44.3 Å². The summed E-state index contributed by atoms with van der Waals surface area (Å²) in [5, 5.41) is 2.83. The van der Waals surface area contributed by atoms with Crippen LogP contribution in [0.2, 0.25) is 0 Å². The Hall–Kier alpha value is -2.38. The van der Waals surface area contributed by atoms with E-state index >= 15 is 0 Å². The van der Waals surface area contributed by atoms with Crippen LogP contribution in [0.1, 0.15) is 23.1 Å². The largest absolute Gasteiger partial charge is 0.508 e. The minimum atomic E-state index is -1.72. The first-order chi connectivity index (χ1) is 17.3. The molecule has 4 rings (SSSR count). The number of halogens is 3. The van der Waals surface area contributed by atoms with Gasteiger partial charge in [0.1, 0.15) is 6.61 Å². The fraction of sp³-hybridized carbons (Fsp3) is 0.259. The lowest BCUT2D eigenvalue weighted by molar-refractivity contribution is -0.133. The summed E-state index contributed by atoms with van der Waals surface area (Å²) >= 11 is 18.4. The molecule has 1 fully saturated rings. The van der Waals surface area contributed by atoms with E-state index in [0.29, 0.717) is 6.42 Å². The van der Waals surface area contributed by atoms with Gasteiger partial charge in [0.2, 0.25) is 9.70 Å². The van der Waals surface area contributed by atoms with Crippen LogP contribution in [0, 0.1) is 5.92 Å². The molecule has 188 valence electrons. The van der Waals surface area contributed by atoms with Crippen LogP contribution in [0.4, 0.5) is 4.79 Å². The highest BCUT2D eigenvalue weighted by Crippen LogP contribution is 2.52. The van der Waals surface area contributed by atoms with Crippen molar-refractivity contribution in [2.45, 2.75) is 20.3 Å². The van der Waals surface area contributed by atoms with Crippen molar-refractivity contribution in [1.82, 2.24) is 5.32 Å². The van der Waals surface area contributed by atoms with Crippen LogP contribution in [-0.2, 0) is 19.0 Å². The zero-order valence-corrected chi connectivity index (χ0v) is 22.2. The number of thioether (sulfide) groups is 1. The van der Waals surface area contributed by atoms with Crippen molar-refractivity contribution in [2.75, 3.05) is 13.2 Å². The van der Waals surface area contributed by atoms with Crippen LogP contribution < -0.4 is 5.32 Å². The molecule has 0 spiro atoms. The van der Waals surface area contributed by atoms with E-state index in [9.17, 15) is 9.59 Å². The van der Waals surface area contributed by atoms with Gasteiger partial charge in [-0.1, -0.05) is 126 Å². The fourth-order valence-corrected chi connectivity index (χ4v) is 6.11. The number of amides is 1. The zero-order chi connectivity index (χ0) is 25.6. The number of ether oxygens (including phenoxy) is 2. The van der Waals surface area contributed by atoms with Crippen molar-refractivity contribution in [2.24, 2.45) is 5.92 Å². The quantitative estimate of drug-likeness (QED) is 0.136. The molecule has 3 aromatic rings. The van der Waals surface area contributed by atoms with Crippen molar-refractivity contribution >= 4 is 58.6 Å². The molecule has 0 aromatic heterocycles. The summed E-state index contributed by atoms with van der Waals surface area (Å²) in [6, 6.07) is 30.7. The Morgan fingerprint density at radius 2 is 1.28 bits per heavy atom. The maximum atomic E-state index is 12.5. The standard InChI is InChI=1S/C27H24Cl3NO4S/c28-26(29,30)18-35-25(33)34-17-16-22-23(32)31-24(22)36-27(19-10-4-1-5-11-19,20-12-6-2-7-13-20)21-14-8-3-9-15-21/h1-15,22,24H,16-18H2,(H,31,32)/t22-,24-/m1/s1. The molecule has 1 N–H and O–H groups in total. The Morgan fingerprint density at radius 3 is 1.69 bits per heavy atom.